The molecule has 0 fully saturated rings. The van der Waals surface area contributed by atoms with Crippen molar-refractivity contribution in [3.8, 4) is 0 Å². The lowest BCUT2D eigenvalue weighted by Gasteiger charge is -2.36. The number of hydrogen-bond acceptors (Lipinski definition) is 4. The van der Waals surface area contributed by atoms with Crippen molar-refractivity contribution in [2.75, 3.05) is 11.5 Å². The largest absolute Gasteiger partial charge is 0.460 e. The van der Waals surface area contributed by atoms with Gasteiger partial charge in [0.15, 0.2) is 0 Å². The summed E-state index contributed by atoms with van der Waals surface area (Å²) in [6.07, 6.45) is -3.55. The summed E-state index contributed by atoms with van der Waals surface area (Å²) in [5.74, 6) is -0.485. The zero-order chi connectivity index (χ0) is 21.1. The second-order valence-electron chi connectivity index (χ2n) is 7.76. The van der Waals surface area contributed by atoms with E-state index in [4.69, 9.17) is 9.47 Å². The summed E-state index contributed by atoms with van der Waals surface area (Å²) in [4.78, 5) is 25.7. The molecule has 5 nitrogen and oxygen atoms in total. The SMILES string of the molecule is CCC1CCc2cc(C(F)(F)F)ccc2N1C(=O)OCCC(=O)OC(C)(C)C. The van der Waals surface area contributed by atoms with Crippen LogP contribution in [-0.4, -0.2) is 30.3 Å². The second kappa shape index (κ2) is 8.41. The average molecular weight is 401 g/mol. The first-order valence-electron chi connectivity index (χ1n) is 9.30. The second-order valence-corrected chi connectivity index (χ2v) is 7.76. The number of esters is 1. The Kier molecular flexibility index (Phi) is 6.62. The molecule has 1 aromatic carbocycles. The minimum atomic E-state index is -4.44. The van der Waals surface area contributed by atoms with Crippen LogP contribution in [0.2, 0.25) is 0 Å². The third-order valence-corrected chi connectivity index (χ3v) is 4.40. The number of amides is 1. The summed E-state index contributed by atoms with van der Waals surface area (Å²) in [6.45, 7) is 6.96. The van der Waals surface area contributed by atoms with E-state index in [1.165, 1.54) is 11.0 Å². The molecule has 1 heterocycles. The number of benzene rings is 1. The quantitative estimate of drug-likeness (QED) is 0.659. The van der Waals surface area contributed by atoms with E-state index in [2.05, 4.69) is 0 Å². The van der Waals surface area contributed by atoms with Gasteiger partial charge in [0.2, 0.25) is 0 Å². The van der Waals surface area contributed by atoms with E-state index < -0.39 is 29.4 Å². The predicted octanol–water partition coefficient (Wildman–Crippen LogP) is 5.11. The molecule has 2 rings (SSSR count). The minimum Gasteiger partial charge on any atom is -0.460 e. The molecule has 1 aliphatic heterocycles. The molecular formula is C20H26F3NO4. The maximum absolute atomic E-state index is 13.0. The smallest absolute Gasteiger partial charge is 0.416 e. The zero-order valence-corrected chi connectivity index (χ0v) is 16.6. The van der Waals surface area contributed by atoms with E-state index in [1.807, 2.05) is 6.92 Å². The number of alkyl halides is 3. The van der Waals surface area contributed by atoms with Gasteiger partial charge in [-0.15, -0.1) is 0 Å². The third-order valence-electron chi connectivity index (χ3n) is 4.40. The van der Waals surface area contributed by atoms with Crippen LogP contribution in [0.5, 0.6) is 0 Å². The predicted molar refractivity (Wildman–Crippen MR) is 98.1 cm³/mol. The van der Waals surface area contributed by atoms with Gasteiger partial charge in [0.25, 0.3) is 0 Å². The van der Waals surface area contributed by atoms with Crippen LogP contribution in [0.3, 0.4) is 0 Å². The standard InChI is InChI=1S/C20H26F3NO4/c1-5-15-8-6-13-12-14(20(21,22)23)7-9-16(13)24(15)18(26)27-11-10-17(25)28-19(2,3)4/h7,9,12,15H,5-6,8,10-11H2,1-4H3. The van der Waals surface area contributed by atoms with Crippen molar-refractivity contribution in [2.45, 2.75) is 71.2 Å². The Labute approximate surface area is 162 Å². The van der Waals surface area contributed by atoms with Gasteiger partial charge in [-0.2, -0.15) is 13.2 Å². The van der Waals surface area contributed by atoms with Crippen LogP contribution < -0.4 is 4.90 Å². The molecule has 0 N–H and O–H groups in total. The van der Waals surface area contributed by atoms with Gasteiger partial charge in [-0.05, 0) is 63.8 Å². The maximum atomic E-state index is 13.0. The molecular weight excluding hydrogens is 375 g/mol. The van der Waals surface area contributed by atoms with Gasteiger partial charge < -0.3 is 9.47 Å². The van der Waals surface area contributed by atoms with Crippen LogP contribution in [0.4, 0.5) is 23.7 Å². The highest BCUT2D eigenvalue weighted by atomic mass is 19.4. The highest BCUT2D eigenvalue weighted by Crippen LogP contribution is 2.37. The zero-order valence-electron chi connectivity index (χ0n) is 16.6. The van der Waals surface area contributed by atoms with Gasteiger partial charge in [0.05, 0.1) is 17.7 Å². The molecule has 0 radical (unpaired) electrons. The van der Waals surface area contributed by atoms with Crippen LogP contribution in [-0.2, 0) is 26.9 Å². The molecule has 0 spiro atoms. The monoisotopic (exact) mass is 401 g/mol. The number of anilines is 1. The van der Waals surface area contributed by atoms with Gasteiger partial charge in [-0.1, -0.05) is 6.92 Å². The summed E-state index contributed by atoms with van der Waals surface area (Å²) in [5, 5.41) is 0. The molecule has 1 aliphatic rings. The molecule has 0 saturated carbocycles. The Morgan fingerprint density at radius 1 is 1.21 bits per heavy atom. The molecule has 1 aromatic rings. The summed E-state index contributed by atoms with van der Waals surface area (Å²) in [6, 6.07) is 3.20. The lowest BCUT2D eigenvalue weighted by atomic mass is 9.93. The van der Waals surface area contributed by atoms with Gasteiger partial charge in [-0.3, -0.25) is 9.69 Å². The molecule has 1 atom stereocenters. The van der Waals surface area contributed by atoms with E-state index in [0.717, 1.165) is 12.1 Å². The van der Waals surface area contributed by atoms with Crippen molar-refractivity contribution in [2.24, 2.45) is 0 Å². The van der Waals surface area contributed by atoms with E-state index >= 15 is 0 Å². The molecule has 0 aliphatic carbocycles. The van der Waals surface area contributed by atoms with Gasteiger partial charge in [0.1, 0.15) is 12.2 Å². The van der Waals surface area contributed by atoms with Gasteiger partial charge in [0, 0.05) is 6.04 Å². The number of ether oxygens (including phenoxy) is 2. The molecule has 156 valence electrons. The van der Waals surface area contributed by atoms with E-state index in [-0.39, 0.29) is 19.1 Å². The highest BCUT2D eigenvalue weighted by molar-refractivity contribution is 5.90. The number of nitrogens with zero attached hydrogens (tertiary/aromatic N) is 1. The average Bonchev–Trinajstić information content (AvgIpc) is 2.57. The number of fused-ring (bicyclic) bond motifs is 1. The fourth-order valence-electron chi connectivity index (χ4n) is 3.16. The summed E-state index contributed by atoms with van der Waals surface area (Å²) >= 11 is 0. The molecule has 8 heteroatoms. The molecule has 28 heavy (non-hydrogen) atoms. The number of carbonyl (C=O) groups excluding carboxylic acids is 2. The molecule has 1 amide bonds. The van der Waals surface area contributed by atoms with E-state index in [1.54, 1.807) is 20.8 Å². The Morgan fingerprint density at radius 3 is 2.46 bits per heavy atom. The fourth-order valence-corrected chi connectivity index (χ4v) is 3.16. The molecule has 0 aromatic heterocycles. The van der Waals surface area contributed by atoms with E-state index in [9.17, 15) is 22.8 Å². The molecule has 0 bridgehead atoms. The summed E-state index contributed by atoms with van der Waals surface area (Å²) < 4.78 is 49.3. The summed E-state index contributed by atoms with van der Waals surface area (Å²) in [5.41, 5.74) is -0.479. The lowest BCUT2D eigenvalue weighted by molar-refractivity contribution is -0.155. The Balaban J connectivity index is 2.10. The van der Waals surface area contributed by atoms with E-state index in [0.29, 0.717) is 30.5 Å². The number of carbonyl (C=O) groups is 2. The first-order chi connectivity index (χ1) is 12.9. The van der Waals surface area contributed by atoms with Crippen molar-refractivity contribution in [1.82, 2.24) is 0 Å². The van der Waals surface area contributed by atoms with Crippen molar-refractivity contribution in [3.05, 3.63) is 29.3 Å². The molecule has 0 saturated heterocycles. The normalized spacial score (nSPS) is 17.1. The van der Waals surface area contributed by atoms with Crippen molar-refractivity contribution < 1.29 is 32.2 Å². The third kappa shape index (κ3) is 5.62. The Morgan fingerprint density at radius 2 is 1.89 bits per heavy atom. The lowest BCUT2D eigenvalue weighted by Crippen LogP contribution is -2.44. The van der Waals surface area contributed by atoms with Crippen LogP contribution >= 0.6 is 0 Å². The van der Waals surface area contributed by atoms with Crippen molar-refractivity contribution >= 4 is 17.7 Å². The summed E-state index contributed by atoms with van der Waals surface area (Å²) in [7, 11) is 0. The van der Waals surface area contributed by atoms with Crippen LogP contribution in [0, 0.1) is 0 Å². The minimum absolute atomic E-state index is 0.0898. The Hall–Kier alpha value is -2.25. The first kappa shape index (κ1) is 22.0. The fraction of sp³-hybridized carbons (Fsp3) is 0.600. The number of halogens is 3. The van der Waals surface area contributed by atoms with Gasteiger partial charge in [-0.25, -0.2) is 4.79 Å². The van der Waals surface area contributed by atoms with Gasteiger partial charge >= 0.3 is 18.2 Å². The highest BCUT2D eigenvalue weighted by Gasteiger charge is 2.35. The van der Waals surface area contributed by atoms with Crippen molar-refractivity contribution in [3.63, 3.8) is 0 Å². The van der Waals surface area contributed by atoms with Crippen LogP contribution in [0.1, 0.15) is 58.1 Å². The topological polar surface area (TPSA) is 55.8 Å². The Bertz CT molecular complexity index is 725. The number of hydrogen-bond donors (Lipinski definition) is 0. The maximum Gasteiger partial charge on any atom is 0.416 e. The number of rotatable bonds is 4. The first-order valence-corrected chi connectivity index (χ1v) is 9.30. The molecule has 1 unspecified atom stereocenters. The van der Waals surface area contributed by atoms with Crippen LogP contribution in [0.25, 0.3) is 0 Å². The van der Waals surface area contributed by atoms with Crippen molar-refractivity contribution in [1.29, 1.82) is 0 Å². The number of aryl methyl sites for hydroxylation is 1. The van der Waals surface area contributed by atoms with Crippen LogP contribution in [0.15, 0.2) is 18.2 Å².